The zero-order valence-electron chi connectivity index (χ0n) is 21.4. The smallest absolute Gasteiger partial charge is 0.241 e. The van der Waals surface area contributed by atoms with Crippen LogP contribution in [0, 0.1) is 5.92 Å². The van der Waals surface area contributed by atoms with Crippen molar-refractivity contribution in [3.05, 3.63) is 83.0 Å². The van der Waals surface area contributed by atoms with Crippen LogP contribution in [-0.2, 0) is 19.6 Å². The Morgan fingerprint density at radius 2 is 1.84 bits per heavy atom. The second-order valence-corrected chi connectivity index (χ2v) is 11.1. The fourth-order valence-electron chi connectivity index (χ4n) is 4.66. The number of benzene rings is 1. The van der Waals surface area contributed by atoms with Gasteiger partial charge in [0.25, 0.3) is 0 Å². The van der Waals surface area contributed by atoms with Crippen LogP contribution in [0.4, 0.5) is 5.69 Å². The van der Waals surface area contributed by atoms with Gasteiger partial charge in [-0.25, -0.2) is 13.1 Å². The first kappa shape index (κ1) is 26.9. The number of methoxy groups -OCH3 is 2. The lowest BCUT2D eigenvalue weighted by Crippen LogP contribution is -2.44. The van der Waals surface area contributed by atoms with Crippen LogP contribution < -0.4 is 20.1 Å². The first-order valence-electron chi connectivity index (χ1n) is 12.5. The fraction of sp³-hybridized carbons (Fsp3) is 0.393. The van der Waals surface area contributed by atoms with Gasteiger partial charge in [-0.2, -0.15) is 0 Å². The Balaban J connectivity index is 1.36. The van der Waals surface area contributed by atoms with E-state index in [1.54, 1.807) is 27.2 Å². The second-order valence-electron chi connectivity index (χ2n) is 9.41. The largest absolute Gasteiger partial charge is 0.497 e. The van der Waals surface area contributed by atoms with Gasteiger partial charge >= 0.3 is 0 Å². The topological polar surface area (TPSA) is 106 Å². The second kappa shape index (κ2) is 11.9. The highest BCUT2D eigenvalue weighted by molar-refractivity contribution is 7.93. The van der Waals surface area contributed by atoms with Crippen molar-refractivity contribution in [1.29, 1.82) is 0 Å². The summed E-state index contributed by atoms with van der Waals surface area (Å²) in [5.41, 5.74) is 2.32. The summed E-state index contributed by atoms with van der Waals surface area (Å²) in [5.74, 6) is -0.0192. The number of rotatable bonds is 9. The standard InChI is InChI=1S/C28H35N3O5S/c1-19-8-9-20(18-27(19)37(33,34)31-25-6-4-5-7-26(25)36-3)28(32)30-23-12-10-21(11-13-23)29-22-14-16-24(35-2)17-15-22/h4,6,8,10,12-18,20-21,25-26,29,31H,5,7,9,11H2,1-3H3,(H,30,32). The molecular weight excluding hydrogens is 490 g/mol. The molecule has 0 fully saturated rings. The summed E-state index contributed by atoms with van der Waals surface area (Å²) >= 11 is 0. The van der Waals surface area contributed by atoms with Crippen molar-refractivity contribution in [2.45, 2.75) is 50.8 Å². The van der Waals surface area contributed by atoms with E-state index < -0.39 is 22.0 Å². The maximum absolute atomic E-state index is 13.2. The van der Waals surface area contributed by atoms with Crippen LogP contribution in [0.25, 0.3) is 0 Å². The van der Waals surface area contributed by atoms with E-state index in [0.717, 1.165) is 24.3 Å². The van der Waals surface area contributed by atoms with Crippen molar-refractivity contribution < 1.29 is 22.7 Å². The van der Waals surface area contributed by atoms with E-state index in [-0.39, 0.29) is 23.0 Å². The van der Waals surface area contributed by atoms with Crippen molar-refractivity contribution in [2.24, 2.45) is 5.92 Å². The van der Waals surface area contributed by atoms with Crippen molar-refractivity contribution >= 4 is 21.6 Å². The average molecular weight is 526 g/mol. The molecule has 0 saturated carbocycles. The molecule has 9 heteroatoms. The molecule has 37 heavy (non-hydrogen) atoms. The molecule has 0 radical (unpaired) electrons. The van der Waals surface area contributed by atoms with Gasteiger partial charge in [-0.05, 0) is 68.5 Å². The molecule has 0 bridgehead atoms. The molecule has 3 aliphatic carbocycles. The molecule has 1 amide bonds. The summed E-state index contributed by atoms with van der Waals surface area (Å²) in [5, 5.41) is 6.38. The zero-order valence-corrected chi connectivity index (χ0v) is 22.3. The Labute approximate surface area is 219 Å². The molecule has 0 heterocycles. The van der Waals surface area contributed by atoms with Crippen LogP contribution in [0.3, 0.4) is 0 Å². The number of hydrogen-bond donors (Lipinski definition) is 3. The summed E-state index contributed by atoms with van der Waals surface area (Å²) < 4.78 is 39.9. The highest BCUT2D eigenvalue weighted by atomic mass is 32.2. The monoisotopic (exact) mass is 525 g/mol. The number of hydrogen-bond acceptors (Lipinski definition) is 6. The van der Waals surface area contributed by atoms with Gasteiger partial charge in [-0.1, -0.05) is 36.5 Å². The minimum Gasteiger partial charge on any atom is -0.497 e. The number of sulfonamides is 1. The van der Waals surface area contributed by atoms with Crippen LogP contribution in [0.1, 0.15) is 32.6 Å². The van der Waals surface area contributed by atoms with Crippen LogP contribution in [0.15, 0.2) is 83.0 Å². The van der Waals surface area contributed by atoms with Crippen molar-refractivity contribution in [3.63, 3.8) is 0 Å². The van der Waals surface area contributed by atoms with Gasteiger partial charge in [0.05, 0.1) is 30.1 Å². The Hall–Kier alpha value is -3.14. The summed E-state index contributed by atoms with van der Waals surface area (Å²) in [6.07, 6.45) is 15.5. The molecule has 1 aromatic rings. The molecule has 8 nitrogen and oxygen atoms in total. The maximum Gasteiger partial charge on any atom is 0.241 e. The normalized spacial score (nSPS) is 25.5. The summed E-state index contributed by atoms with van der Waals surface area (Å²) in [7, 11) is -0.609. The predicted molar refractivity (Wildman–Crippen MR) is 145 cm³/mol. The SMILES string of the molecule is COc1ccc(NC2C=CC(NC(=O)C3C=C(S(=O)(=O)NC4C=CCCC4OC)C(C)=CC3)=CC2)cc1. The van der Waals surface area contributed by atoms with Crippen LogP contribution >= 0.6 is 0 Å². The number of anilines is 1. The Kier molecular flexibility index (Phi) is 8.68. The van der Waals surface area contributed by atoms with E-state index in [1.165, 1.54) is 0 Å². The number of nitrogens with one attached hydrogen (secondary N) is 3. The number of amides is 1. The predicted octanol–water partition coefficient (Wildman–Crippen LogP) is 3.94. The first-order valence-corrected chi connectivity index (χ1v) is 14.0. The third kappa shape index (κ3) is 6.80. The van der Waals surface area contributed by atoms with Gasteiger partial charge in [0.15, 0.2) is 0 Å². The van der Waals surface area contributed by atoms with Gasteiger partial charge in [0.2, 0.25) is 15.9 Å². The number of carbonyl (C=O) groups is 1. The van der Waals surface area contributed by atoms with E-state index in [0.29, 0.717) is 24.1 Å². The van der Waals surface area contributed by atoms with Gasteiger partial charge < -0.3 is 20.1 Å². The Bertz CT molecular complexity index is 1240. The van der Waals surface area contributed by atoms with Gasteiger partial charge in [0, 0.05) is 24.5 Å². The third-order valence-electron chi connectivity index (χ3n) is 6.81. The Morgan fingerprint density at radius 3 is 2.51 bits per heavy atom. The minimum absolute atomic E-state index is 0.0989. The molecule has 3 N–H and O–H groups in total. The van der Waals surface area contributed by atoms with Crippen LogP contribution in [0.5, 0.6) is 5.75 Å². The molecule has 0 saturated heterocycles. The van der Waals surface area contributed by atoms with Crippen LogP contribution in [-0.4, -0.2) is 46.7 Å². The van der Waals surface area contributed by atoms with E-state index >= 15 is 0 Å². The maximum atomic E-state index is 13.2. The molecule has 0 spiro atoms. The molecule has 3 aliphatic rings. The molecule has 198 valence electrons. The number of ether oxygens (including phenoxy) is 2. The molecule has 4 rings (SSSR count). The van der Waals surface area contributed by atoms with Gasteiger partial charge in [-0.15, -0.1) is 0 Å². The van der Waals surface area contributed by atoms with E-state index in [2.05, 4.69) is 15.4 Å². The quantitative estimate of drug-likeness (QED) is 0.422. The lowest BCUT2D eigenvalue weighted by Gasteiger charge is -2.28. The lowest BCUT2D eigenvalue weighted by atomic mass is 9.96. The average Bonchev–Trinajstić information content (AvgIpc) is 2.90. The molecule has 0 aromatic heterocycles. The van der Waals surface area contributed by atoms with Crippen LogP contribution in [0.2, 0.25) is 0 Å². The van der Waals surface area contributed by atoms with E-state index in [1.807, 2.05) is 60.7 Å². The fourth-order valence-corrected chi connectivity index (χ4v) is 6.22. The minimum atomic E-state index is -3.83. The van der Waals surface area contributed by atoms with Gasteiger partial charge in [0.1, 0.15) is 5.75 Å². The number of carbonyl (C=O) groups excluding carboxylic acids is 1. The van der Waals surface area contributed by atoms with E-state index in [9.17, 15) is 13.2 Å². The first-order chi connectivity index (χ1) is 17.8. The van der Waals surface area contributed by atoms with Crippen molar-refractivity contribution in [1.82, 2.24) is 10.0 Å². The highest BCUT2D eigenvalue weighted by Crippen LogP contribution is 2.28. The summed E-state index contributed by atoms with van der Waals surface area (Å²) in [4.78, 5) is 13.2. The van der Waals surface area contributed by atoms with Crippen molar-refractivity contribution in [3.8, 4) is 5.75 Å². The molecular formula is C28H35N3O5S. The molecule has 0 aliphatic heterocycles. The lowest BCUT2D eigenvalue weighted by molar-refractivity contribution is -0.122. The molecule has 1 aromatic carbocycles. The summed E-state index contributed by atoms with van der Waals surface area (Å²) in [6, 6.07) is 7.37. The van der Waals surface area contributed by atoms with Gasteiger partial charge in [-0.3, -0.25) is 4.79 Å². The third-order valence-corrected chi connectivity index (χ3v) is 8.43. The van der Waals surface area contributed by atoms with E-state index in [4.69, 9.17) is 9.47 Å². The summed E-state index contributed by atoms with van der Waals surface area (Å²) in [6.45, 7) is 1.76. The Morgan fingerprint density at radius 1 is 1.05 bits per heavy atom. The van der Waals surface area contributed by atoms with Crippen molar-refractivity contribution in [2.75, 3.05) is 19.5 Å². The number of allylic oxidation sites excluding steroid dienone is 4. The molecule has 4 atom stereocenters. The zero-order chi connectivity index (χ0) is 26.4. The highest BCUT2D eigenvalue weighted by Gasteiger charge is 2.31. The molecule has 4 unspecified atom stereocenters.